The van der Waals surface area contributed by atoms with Crippen molar-refractivity contribution in [3.8, 4) is 34.1 Å². The largest absolute Gasteiger partial charge is 0.490 e. The maximum atomic E-state index is 5.97. The zero-order valence-electron chi connectivity index (χ0n) is 17.8. The Morgan fingerprint density at radius 2 is 1.81 bits per heavy atom. The number of aromatic amines is 1. The number of imidazole rings is 1. The molecule has 0 atom stereocenters. The quantitative estimate of drug-likeness (QED) is 0.282. The fourth-order valence-electron chi connectivity index (χ4n) is 3.03. The van der Waals surface area contributed by atoms with Gasteiger partial charge in [-0.15, -0.1) is 0 Å². The SMILES string of the molecule is COCCOc1cc(OCc2ccc(C)cn2)ccc1-c1cnc(-c2ccc(Cl)nc2)[nH]1. The van der Waals surface area contributed by atoms with Crippen LogP contribution in [0.1, 0.15) is 11.3 Å². The first-order valence-corrected chi connectivity index (χ1v) is 10.5. The van der Waals surface area contributed by atoms with Crippen LogP contribution in [0.5, 0.6) is 11.5 Å². The molecule has 32 heavy (non-hydrogen) atoms. The lowest BCUT2D eigenvalue weighted by molar-refractivity contribution is 0.146. The Kier molecular flexibility index (Phi) is 6.99. The highest BCUT2D eigenvalue weighted by Crippen LogP contribution is 2.34. The van der Waals surface area contributed by atoms with Crippen LogP contribution in [-0.2, 0) is 11.3 Å². The van der Waals surface area contributed by atoms with Crippen molar-refractivity contribution in [1.82, 2.24) is 19.9 Å². The lowest BCUT2D eigenvalue weighted by atomic mass is 10.1. The summed E-state index contributed by atoms with van der Waals surface area (Å²) in [4.78, 5) is 16.3. The van der Waals surface area contributed by atoms with Crippen LogP contribution in [0.4, 0.5) is 0 Å². The van der Waals surface area contributed by atoms with Gasteiger partial charge in [-0.25, -0.2) is 9.97 Å². The molecule has 1 aromatic carbocycles. The fourth-order valence-corrected chi connectivity index (χ4v) is 3.14. The van der Waals surface area contributed by atoms with Crippen LogP contribution in [0.15, 0.2) is 61.1 Å². The average molecular weight is 451 g/mol. The lowest BCUT2D eigenvalue weighted by Gasteiger charge is -2.13. The average Bonchev–Trinajstić information content (AvgIpc) is 3.29. The van der Waals surface area contributed by atoms with Gasteiger partial charge in [0.15, 0.2) is 0 Å². The number of hydrogen-bond acceptors (Lipinski definition) is 6. The number of aryl methyl sites for hydroxylation is 1. The standard InChI is InChI=1S/C24H23ClN4O3/c1-16-3-5-18(26-12-16)15-32-19-6-7-20(22(11-19)31-10-9-30-2)21-14-28-24(29-21)17-4-8-23(25)27-13-17/h3-8,11-14H,9-10,15H2,1-2H3,(H,28,29). The Bertz CT molecular complexity index is 1160. The third-order valence-corrected chi connectivity index (χ3v) is 4.95. The highest BCUT2D eigenvalue weighted by atomic mass is 35.5. The Morgan fingerprint density at radius 1 is 0.906 bits per heavy atom. The smallest absolute Gasteiger partial charge is 0.139 e. The van der Waals surface area contributed by atoms with Gasteiger partial charge in [-0.1, -0.05) is 17.7 Å². The van der Waals surface area contributed by atoms with E-state index in [0.717, 1.165) is 28.1 Å². The van der Waals surface area contributed by atoms with Crippen molar-refractivity contribution in [2.75, 3.05) is 20.3 Å². The van der Waals surface area contributed by atoms with E-state index in [1.54, 1.807) is 25.6 Å². The van der Waals surface area contributed by atoms with Crippen LogP contribution in [0.2, 0.25) is 5.15 Å². The van der Waals surface area contributed by atoms with Crippen molar-refractivity contribution < 1.29 is 14.2 Å². The third-order valence-electron chi connectivity index (χ3n) is 4.72. The van der Waals surface area contributed by atoms with Crippen LogP contribution in [0.25, 0.3) is 22.6 Å². The molecule has 0 saturated heterocycles. The van der Waals surface area contributed by atoms with Crippen LogP contribution in [-0.4, -0.2) is 40.3 Å². The molecule has 3 aromatic heterocycles. The summed E-state index contributed by atoms with van der Waals surface area (Å²) in [5, 5.41) is 0.436. The minimum Gasteiger partial charge on any atom is -0.490 e. The molecule has 1 N–H and O–H groups in total. The minimum absolute atomic E-state index is 0.370. The lowest BCUT2D eigenvalue weighted by Crippen LogP contribution is -2.05. The summed E-state index contributed by atoms with van der Waals surface area (Å²) in [7, 11) is 1.64. The summed E-state index contributed by atoms with van der Waals surface area (Å²) in [5.41, 5.74) is 4.49. The summed E-state index contributed by atoms with van der Waals surface area (Å²) in [6.45, 7) is 3.26. The second-order valence-corrected chi connectivity index (χ2v) is 7.52. The molecule has 0 saturated carbocycles. The van der Waals surface area contributed by atoms with E-state index in [0.29, 0.717) is 42.3 Å². The van der Waals surface area contributed by atoms with Gasteiger partial charge in [0.05, 0.1) is 24.2 Å². The van der Waals surface area contributed by atoms with Gasteiger partial charge >= 0.3 is 0 Å². The number of nitrogens with zero attached hydrogens (tertiary/aromatic N) is 3. The zero-order valence-corrected chi connectivity index (χ0v) is 18.6. The predicted octanol–water partition coefficient (Wildman–Crippen LogP) is 5.10. The van der Waals surface area contributed by atoms with E-state index in [-0.39, 0.29) is 0 Å². The first kappa shape index (κ1) is 21.8. The van der Waals surface area contributed by atoms with Crippen LogP contribution >= 0.6 is 11.6 Å². The number of aromatic nitrogens is 4. The molecule has 4 aromatic rings. The molecule has 8 heteroatoms. The number of H-pyrrole nitrogens is 1. The van der Waals surface area contributed by atoms with Crippen molar-refractivity contribution in [3.63, 3.8) is 0 Å². The predicted molar refractivity (Wildman–Crippen MR) is 123 cm³/mol. The Hall–Kier alpha value is -3.42. The molecule has 0 radical (unpaired) electrons. The Labute approximate surface area is 191 Å². The second-order valence-electron chi connectivity index (χ2n) is 7.13. The number of halogens is 1. The Morgan fingerprint density at radius 3 is 2.56 bits per heavy atom. The highest BCUT2D eigenvalue weighted by Gasteiger charge is 2.13. The van der Waals surface area contributed by atoms with Gasteiger partial charge in [0.2, 0.25) is 0 Å². The van der Waals surface area contributed by atoms with E-state index in [1.807, 2.05) is 49.5 Å². The summed E-state index contributed by atoms with van der Waals surface area (Å²) < 4.78 is 17.0. The maximum Gasteiger partial charge on any atom is 0.139 e. The normalized spacial score (nSPS) is 10.8. The summed E-state index contributed by atoms with van der Waals surface area (Å²) in [6, 6.07) is 13.3. The van der Waals surface area contributed by atoms with Gasteiger partial charge in [-0.2, -0.15) is 0 Å². The van der Waals surface area contributed by atoms with Crippen molar-refractivity contribution in [2.24, 2.45) is 0 Å². The van der Waals surface area contributed by atoms with Gasteiger partial charge < -0.3 is 19.2 Å². The monoisotopic (exact) mass is 450 g/mol. The molecule has 0 aliphatic rings. The van der Waals surface area contributed by atoms with E-state index < -0.39 is 0 Å². The van der Waals surface area contributed by atoms with Crippen molar-refractivity contribution in [1.29, 1.82) is 0 Å². The fraction of sp³-hybridized carbons (Fsp3) is 0.208. The van der Waals surface area contributed by atoms with Gasteiger partial charge in [0.1, 0.15) is 35.7 Å². The number of ether oxygens (including phenoxy) is 3. The minimum atomic E-state index is 0.370. The first-order valence-electron chi connectivity index (χ1n) is 10.1. The molecule has 0 aliphatic carbocycles. The molecule has 0 unspecified atom stereocenters. The number of benzene rings is 1. The van der Waals surface area contributed by atoms with E-state index in [9.17, 15) is 0 Å². The molecular formula is C24H23ClN4O3. The van der Waals surface area contributed by atoms with Crippen molar-refractivity contribution >= 4 is 11.6 Å². The van der Waals surface area contributed by atoms with Crippen molar-refractivity contribution in [3.05, 3.63) is 77.5 Å². The van der Waals surface area contributed by atoms with Gasteiger partial charge in [-0.3, -0.25) is 4.98 Å². The van der Waals surface area contributed by atoms with Crippen molar-refractivity contribution in [2.45, 2.75) is 13.5 Å². The van der Waals surface area contributed by atoms with Crippen LogP contribution in [0.3, 0.4) is 0 Å². The second kappa shape index (κ2) is 10.3. The molecule has 3 heterocycles. The highest BCUT2D eigenvalue weighted by molar-refractivity contribution is 6.29. The molecule has 164 valence electrons. The van der Waals surface area contributed by atoms with Crippen LogP contribution in [0, 0.1) is 6.92 Å². The Balaban J connectivity index is 1.56. The van der Waals surface area contributed by atoms with Crippen LogP contribution < -0.4 is 9.47 Å². The molecule has 7 nitrogen and oxygen atoms in total. The van der Waals surface area contributed by atoms with Gasteiger partial charge in [0.25, 0.3) is 0 Å². The molecule has 0 aliphatic heterocycles. The topological polar surface area (TPSA) is 82.2 Å². The summed E-state index contributed by atoms with van der Waals surface area (Å²) in [5.74, 6) is 2.05. The molecule has 0 fully saturated rings. The first-order chi connectivity index (χ1) is 15.6. The number of nitrogens with one attached hydrogen (secondary N) is 1. The number of hydrogen-bond donors (Lipinski definition) is 1. The third kappa shape index (κ3) is 5.43. The van der Waals surface area contributed by atoms with E-state index in [4.69, 9.17) is 25.8 Å². The van der Waals surface area contributed by atoms with Gasteiger partial charge in [-0.05, 0) is 42.8 Å². The number of pyridine rings is 2. The molecule has 0 bridgehead atoms. The molecule has 0 amide bonds. The summed E-state index contributed by atoms with van der Waals surface area (Å²) >= 11 is 5.88. The number of rotatable bonds is 9. The zero-order chi connectivity index (χ0) is 22.3. The van der Waals surface area contributed by atoms with E-state index in [1.165, 1.54) is 0 Å². The maximum absolute atomic E-state index is 5.97. The van der Waals surface area contributed by atoms with E-state index >= 15 is 0 Å². The van der Waals surface area contributed by atoms with Gasteiger partial charge in [0, 0.05) is 36.7 Å². The molecule has 0 spiro atoms. The molecular weight excluding hydrogens is 428 g/mol. The number of methoxy groups -OCH3 is 1. The molecule has 4 rings (SSSR count). The van der Waals surface area contributed by atoms with E-state index in [2.05, 4.69) is 19.9 Å². The summed E-state index contributed by atoms with van der Waals surface area (Å²) in [6.07, 6.45) is 5.27.